The summed E-state index contributed by atoms with van der Waals surface area (Å²) >= 11 is 7.50. The first kappa shape index (κ1) is 14.7. The number of esters is 1. The number of methoxy groups -OCH3 is 1. The van der Waals surface area contributed by atoms with Crippen molar-refractivity contribution in [1.29, 1.82) is 0 Å². The van der Waals surface area contributed by atoms with Gasteiger partial charge < -0.3 is 10.5 Å². The lowest BCUT2D eigenvalue weighted by Gasteiger charge is -2.05. The van der Waals surface area contributed by atoms with E-state index in [1.165, 1.54) is 24.0 Å². The van der Waals surface area contributed by atoms with Gasteiger partial charge in [0.2, 0.25) is 0 Å². The van der Waals surface area contributed by atoms with Gasteiger partial charge in [-0.3, -0.25) is 0 Å². The van der Waals surface area contributed by atoms with Crippen LogP contribution in [0.2, 0.25) is 5.02 Å². The summed E-state index contributed by atoms with van der Waals surface area (Å²) in [7, 11) is 1.26. The van der Waals surface area contributed by atoms with Crippen molar-refractivity contribution in [3.8, 4) is 10.7 Å². The van der Waals surface area contributed by atoms with E-state index in [9.17, 15) is 4.79 Å². The van der Waals surface area contributed by atoms with Crippen molar-refractivity contribution in [2.75, 3.05) is 12.8 Å². The van der Waals surface area contributed by atoms with Gasteiger partial charge in [0, 0.05) is 4.70 Å². The number of benzene rings is 1. The molecule has 0 aliphatic carbocycles. The molecule has 7 heteroatoms. The van der Waals surface area contributed by atoms with Gasteiger partial charge >= 0.3 is 5.97 Å². The van der Waals surface area contributed by atoms with Crippen molar-refractivity contribution >= 4 is 44.8 Å². The van der Waals surface area contributed by atoms with Crippen LogP contribution >= 0.6 is 22.9 Å². The van der Waals surface area contributed by atoms with Crippen molar-refractivity contribution in [3.05, 3.63) is 40.5 Å². The number of thiophene rings is 1. The number of nitrogens with zero attached hydrogens (tertiary/aromatic N) is 2. The highest BCUT2D eigenvalue weighted by molar-refractivity contribution is 7.22. The van der Waals surface area contributed by atoms with Crippen molar-refractivity contribution in [1.82, 2.24) is 9.97 Å². The minimum atomic E-state index is -0.641. The normalized spacial score (nSPS) is 10.9. The fraction of sp³-hybridized carbons (Fsp3) is 0.133. The summed E-state index contributed by atoms with van der Waals surface area (Å²) in [4.78, 5) is 20.9. The fourth-order valence-electron chi connectivity index (χ4n) is 2.08. The molecule has 2 heterocycles. The highest BCUT2D eigenvalue weighted by Crippen LogP contribution is 2.34. The smallest absolute Gasteiger partial charge is 0.358 e. The van der Waals surface area contributed by atoms with Crippen LogP contribution in [-0.4, -0.2) is 23.0 Å². The zero-order chi connectivity index (χ0) is 15.9. The second-order valence-electron chi connectivity index (χ2n) is 4.74. The molecular formula is C15H12ClN3O2S. The Balaban J connectivity index is 2.17. The quantitative estimate of drug-likeness (QED) is 0.724. The zero-order valence-electron chi connectivity index (χ0n) is 11.9. The maximum absolute atomic E-state index is 11.7. The third-order valence-electron chi connectivity index (χ3n) is 3.15. The maximum atomic E-state index is 11.7. The number of halogens is 1. The molecule has 0 radical (unpaired) electrons. The number of anilines is 1. The molecule has 0 aliphatic heterocycles. The van der Waals surface area contributed by atoms with E-state index in [1.807, 2.05) is 25.1 Å². The number of aryl methyl sites for hydroxylation is 1. The van der Waals surface area contributed by atoms with Gasteiger partial charge in [0.05, 0.1) is 12.0 Å². The lowest BCUT2D eigenvalue weighted by Crippen LogP contribution is -2.09. The van der Waals surface area contributed by atoms with E-state index < -0.39 is 5.97 Å². The topological polar surface area (TPSA) is 78.1 Å². The number of hydrogen-bond acceptors (Lipinski definition) is 6. The van der Waals surface area contributed by atoms with Crippen LogP contribution in [0.3, 0.4) is 0 Å². The fourth-order valence-corrected chi connectivity index (χ4v) is 3.22. The number of carbonyl (C=O) groups is 1. The molecule has 112 valence electrons. The van der Waals surface area contributed by atoms with Crippen molar-refractivity contribution in [2.24, 2.45) is 0 Å². The van der Waals surface area contributed by atoms with Crippen molar-refractivity contribution < 1.29 is 9.53 Å². The lowest BCUT2D eigenvalue weighted by molar-refractivity contribution is 0.0594. The monoisotopic (exact) mass is 333 g/mol. The summed E-state index contributed by atoms with van der Waals surface area (Å²) < 4.78 is 5.78. The Bertz CT molecular complexity index is 892. The Hall–Kier alpha value is -2.18. The number of fused-ring (bicyclic) bond motifs is 1. The van der Waals surface area contributed by atoms with Crippen molar-refractivity contribution in [2.45, 2.75) is 6.92 Å². The van der Waals surface area contributed by atoms with Crippen LogP contribution in [0.1, 0.15) is 16.1 Å². The van der Waals surface area contributed by atoms with Gasteiger partial charge in [-0.2, -0.15) is 0 Å². The lowest BCUT2D eigenvalue weighted by atomic mass is 10.2. The molecule has 3 rings (SSSR count). The van der Waals surface area contributed by atoms with Crippen LogP contribution in [-0.2, 0) is 4.74 Å². The molecule has 0 saturated heterocycles. The van der Waals surface area contributed by atoms with Crippen LogP contribution in [0, 0.1) is 6.92 Å². The standard InChI is InChI=1S/C15H12ClN3O2S/c1-7-3-4-9-8(5-7)6-10(22-9)14-18-12(15(20)21-2)11(16)13(17)19-14/h3-6H,1-2H3,(H2,17,18,19). The summed E-state index contributed by atoms with van der Waals surface area (Å²) in [5, 5.41) is 1.10. The predicted octanol–water partition coefficient (Wildman–Crippen LogP) is 3.69. The van der Waals surface area contributed by atoms with E-state index in [4.69, 9.17) is 17.3 Å². The van der Waals surface area contributed by atoms with Crippen LogP contribution < -0.4 is 5.73 Å². The van der Waals surface area contributed by atoms with E-state index in [2.05, 4.69) is 20.8 Å². The molecule has 0 amide bonds. The van der Waals surface area contributed by atoms with E-state index in [0.29, 0.717) is 5.82 Å². The minimum absolute atomic E-state index is 0.00700. The van der Waals surface area contributed by atoms with Crippen molar-refractivity contribution in [3.63, 3.8) is 0 Å². The molecule has 1 aromatic carbocycles. The molecule has 0 aliphatic rings. The van der Waals surface area contributed by atoms with Crippen LogP contribution in [0.4, 0.5) is 5.82 Å². The Morgan fingerprint density at radius 1 is 1.32 bits per heavy atom. The minimum Gasteiger partial charge on any atom is -0.464 e. The number of ether oxygens (including phenoxy) is 1. The van der Waals surface area contributed by atoms with E-state index in [1.54, 1.807) is 0 Å². The summed E-state index contributed by atoms with van der Waals surface area (Å²) in [6.07, 6.45) is 0. The Kier molecular flexibility index (Phi) is 3.72. The summed E-state index contributed by atoms with van der Waals surface area (Å²) in [5.41, 5.74) is 6.93. The second-order valence-corrected chi connectivity index (χ2v) is 6.20. The molecule has 0 saturated carbocycles. The first-order valence-corrected chi connectivity index (χ1v) is 7.61. The zero-order valence-corrected chi connectivity index (χ0v) is 13.5. The Labute approximate surface area is 135 Å². The summed E-state index contributed by atoms with van der Waals surface area (Å²) in [5.74, 6) is -0.223. The van der Waals surface area contributed by atoms with Gasteiger partial charge in [-0.1, -0.05) is 29.3 Å². The molecule has 2 aromatic heterocycles. The van der Waals surface area contributed by atoms with E-state index in [-0.39, 0.29) is 16.5 Å². The molecule has 0 spiro atoms. The van der Waals surface area contributed by atoms with Gasteiger partial charge in [-0.15, -0.1) is 11.3 Å². The summed E-state index contributed by atoms with van der Waals surface area (Å²) in [6, 6.07) is 8.13. The van der Waals surface area contributed by atoms with Gasteiger partial charge in [-0.25, -0.2) is 14.8 Å². The number of aromatic nitrogens is 2. The third kappa shape index (κ3) is 2.51. The van der Waals surface area contributed by atoms with Gasteiger partial charge in [0.1, 0.15) is 10.8 Å². The first-order valence-electron chi connectivity index (χ1n) is 6.41. The first-order chi connectivity index (χ1) is 10.5. The molecule has 0 fully saturated rings. The highest BCUT2D eigenvalue weighted by Gasteiger charge is 2.19. The van der Waals surface area contributed by atoms with Crippen LogP contribution in [0.25, 0.3) is 20.8 Å². The number of nitrogen functional groups attached to an aromatic ring is 1. The largest absolute Gasteiger partial charge is 0.464 e. The number of carbonyl (C=O) groups excluding carboxylic acids is 1. The van der Waals surface area contributed by atoms with Crippen LogP contribution in [0.5, 0.6) is 0 Å². The number of nitrogens with two attached hydrogens (primary N) is 1. The predicted molar refractivity (Wildman–Crippen MR) is 88.3 cm³/mol. The molecule has 0 atom stereocenters. The molecule has 5 nitrogen and oxygen atoms in total. The van der Waals surface area contributed by atoms with Gasteiger partial charge in [-0.05, 0) is 24.4 Å². The SMILES string of the molecule is COC(=O)c1nc(-c2cc3cc(C)ccc3s2)nc(N)c1Cl. The summed E-state index contributed by atoms with van der Waals surface area (Å²) in [6.45, 7) is 2.03. The molecule has 22 heavy (non-hydrogen) atoms. The second kappa shape index (κ2) is 5.55. The molecule has 2 N–H and O–H groups in total. The maximum Gasteiger partial charge on any atom is 0.358 e. The highest BCUT2D eigenvalue weighted by atomic mass is 35.5. The molecule has 3 aromatic rings. The number of rotatable bonds is 2. The average Bonchev–Trinajstić information content (AvgIpc) is 2.92. The molecule has 0 unspecified atom stereocenters. The molecule has 0 bridgehead atoms. The Morgan fingerprint density at radius 3 is 2.82 bits per heavy atom. The Morgan fingerprint density at radius 2 is 2.09 bits per heavy atom. The number of hydrogen-bond donors (Lipinski definition) is 1. The van der Waals surface area contributed by atoms with Gasteiger partial charge in [0.25, 0.3) is 0 Å². The molecular weight excluding hydrogens is 322 g/mol. The van der Waals surface area contributed by atoms with Crippen LogP contribution in [0.15, 0.2) is 24.3 Å². The third-order valence-corrected chi connectivity index (χ3v) is 4.63. The van der Waals surface area contributed by atoms with E-state index >= 15 is 0 Å². The average molecular weight is 334 g/mol. The van der Waals surface area contributed by atoms with Gasteiger partial charge in [0.15, 0.2) is 11.5 Å². The van der Waals surface area contributed by atoms with E-state index in [0.717, 1.165) is 15.0 Å².